The second kappa shape index (κ2) is 7.44. The van der Waals surface area contributed by atoms with Crippen LogP contribution < -0.4 is 10.6 Å². The van der Waals surface area contributed by atoms with Crippen molar-refractivity contribution in [2.75, 3.05) is 0 Å². The summed E-state index contributed by atoms with van der Waals surface area (Å²) in [5, 5.41) is 14.7. The number of nitriles is 1. The molecule has 1 aliphatic carbocycles. The van der Waals surface area contributed by atoms with Gasteiger partial charge in [-0.05, 0) is 18.9 Å². The van der Waals surface area contributed by atoms with E-state index < -0.39 is 0 Å². The molecule has 0 unspecified atom stereocenters. The first-order valence-corrected chi connectivity index (χ1v) is 7.08. The zero-order valence-electron chi connectivity index (χ0n) is 11.7. The summed E-state index contributed by atoms with van der Waals surface area (Å²) in [6, 6.07) is 8.42. The first kappa shape index (κ1) is 15.0. The largest absolute Gasteiger partial charge is 0.385 e. The summed E-state index contributed by atoms with van der Waals surface area (Å²) in [5.74, 6) is -0.683. The number of rotatable bonds is 5. The predicted octanol–water partition coefficient (Wildman–Crippen LogP) is 2.38. The monoisotopic (exact) mass is 287 g/mol. The molecule has 1 aromatic carbocycles. The van der Waals surface area contributed by atoms with Gasteiger partial charge in [0.15, 0.2) is 0 Å². The number of nitrogens with zero attached hydrogens (tertiary/aromatic N) is 1. The van der Waals surface area contributed by atoms with E-state index in [-0.39, 0.29) is 29.9 Å². The maximum atomic E-state index is 13.4. The molecule has 1 aromatic rings. The van der Waals surface area contributed by atoms with Crippen molar-refractivity contribution < 1.29 is 9.18 Å². The maximum absolute atomic E-state index is 13.4. The summed E-state index contributed by atoms with van der Waals surface area (Å²) in [6.45, 7) is 0.231. The van der Waals surface area contributed by atoms with Gasteiger partial charge in [-0.15, -0.1) is 0 Å². The molecule has 1 aliphatic rings. The lowest BCUT2D eigenvalue weighted by Crippen LogP contribution is -2.33. The number of hydrogen-bond donors (Lipinski definition) is 2. The molecule has 5 heteroatoms. The molecule has 0 spiro atoms. The zero-order chi connectivity index (χ0) is 15.1. The van der Waals surface area contributed by atoms with E-state index in [1.807, 2.05) is 6.07 Å². The van der Waals surface area contributed by atoms with E-state index in [2.05, 4.69) is 10.6 Å². The van der Waals surface area contributed by atoms with Gasteiger partial charge in [0, 0.05) is 24.4 Å². The molecule has 0 saturated heterocycles. The van der Waals surface area contributed by atoms with Crippen LogP contribution in [0.2, 0.25) is 0 Å². The molecule has 1 amide bonds. The fourth-order valence-electron chi connectivity index (χ4n) is 2.39. The van der Waals surface area contributed by atoms with E-state index in [0.717, 1.165) is 25.7 Å². The normalized spacial score (nSPS) is 15.5. The third kappa shape index (κ3) is 4.32. The molecule has 0 bridgehead atoms. The number of benzene rings is 1. The summed E-state index contributed by atoms with van der Waals surface area (Å²) >= 11 is 0. The fourth-order valence-corrected chi connectivity index (χ4v) is 2.39. The summed E-state index contributed by atoms with van der Waals surface area (Å²) in [7, 11) is 0. The lowest BCUT2D eigenvalue weighted by atomic mass is 10.2. The Morgan fingerprint density at radius 2 is 2.10 bits per heavy atom. The number of carbonyl (C=O) groups excluding carboxylic acids is 1. The Morgan fingerprint density at radius 1 is 1.38 bits per heavy atom. The number of nitrogens with one attached hydrogen (secondary N) is 2. The van der Waals surface area contributed by atoms with Crippen molar-refractivity contribution in [1.29, 1.82) is 5.26 Å². The second-order valence-corrected chi connectivity index (χ2v) is 5.10. The molecule has 0 atom stereocenters. The van der Waals surface area contributed by atoms with Crippen LogP contribution in [0.5, 0.6) is 0 Å². The highest BCUT2D eigenvalue weighted by Gasteiger charge is 2.19. The Labute approximate surface area is 123 Å². The SMILES string of the molecule is N#C/C(=C/NCc1ccccc1F)C(=O)NC1CCCC1. The number of amides is 1. The van der Waals surface area contributed by atoms with Crippen molar-refractivity contribution in [3.63, 3.8) is 0 Å². The highest BCUT2D eigenvalue weighted by molar-refractivity contribution is 5.97. The number of carbonyl (C=O) groups is 1. The van der Waals surface area contributed by atoms with E-state index in [0.29, 0.717) is 5.56 Å². The molecule has 2 rings (SSSR count). The first-order valence-electron chi connectivity index (χ1n) is 7.08. The van der Waals surface area contributed by atoms with E-state index in [9.17, 15) is 9.18 Å². The highest BCUT2D eigenvalue weighted by atomic mass is 19.1. The molecule has 21 heavy (non-hydrogen) atoms. The van der Waals surface area contributed by atoms with E-state index >= 15 is 0 Å². The lowest BCUT2D eigenvalue weighted by Gasteiger charge is -2.11. The van der Waals surface area contributed by atoms with Crippen LogP contribution in [0, 0.1) is 17.1 Å². The van der Waals surface area contributed by atoms with Crippen molar-refractivity contribution in [2.45, 2.75) is 38.3 Å². The van der Waals surface area contributed by atoms with E-state index in [1.54, 1.807) is 18.2 Å². The van der Waals surface area contributed by atoms with Gasteiger partial charge in [-0.2, -0.15) is 5.26 Å². The summed E-state index contributed by atoms with van der Waals surface area (Å²) in [5.41, 5.74) is 0.500. The van der Waals surface area contributed by atoms with Crippen LogP contribution in [0.4, 0.5) is 4.39 Å². The van der Waals surface area contributed by atoms with Gasteiger partial charge in [0.25, 0.3) is 5.91 Å². The Bertz CT molecular complexity index is 571. The standard InChI is InChI=1S/C16H18FN3O/c17-15-8-4-1-5-12(15)10-19-11-13(9-18)16(21)20-14-6-2-3-7-14/h1,4-5,8,11,14,19H,2-3,6-7,10H2,(H,20,21)/b13-11-. The van der Waals surface area contributed by atoms with Gasteiger partial charge in [0.2, 0.25) is 0 Å². The van der Waals surface area contributed by atoms with E-state index in [4.69, 9.17) is 5.26 Å². The zero-order valence-corrected chi connectivity index (χ0v) is 11.7. The van der Waals surface area contributed by atoms with Gasteiger partial charge in [-0.3, -0.25) is 4.79 Å². The van der Waals surface area contributed by atoms with Gasteiger partial charge in [0.05, 0.1) is 0 Å². The van der Waals surface area contributed by atoms with Crippen molar-refractivity contribution in [2.24, 2.45) is 0 Å². The second-order valence-electron chi connectivity index (χ2n) is 5.10. The smallest absolute Gasteiger partial charge is 0.263 e. The van der Waals surface area contributed by atoms with Gasteiger partial charge >= 0.3 is 0 Å². The molecule has 0 heterocycles. The summed E-state index contributed by atoms with van der Waals surface area (Å²) < 4.78 is 13.4. The first-order chi connectivity index (χ1) is 10.2. The molecule has 0 aliphatic heterocycles. The van der Waals surface area contributed by atoms with Crippen LogP contribution in [-0.4, -0.2) is 11.9 Å². The molecule has 0 radical (unpaired) electrons. The van der Waals surface area contributed by atoms with Gasteiger partial charge in [0.1, 0.15) is 17.5 Å². The average molecular weight is 287 g/mol. The molecule has 4 nitrogen and oxygen atoms in total. The van der Waals surface area contributed by atoms with Crippen molar-refractivity contribution in [1.82, 2.24) is 10.6 Å². The molecule has 2 N–H and O–H groups in total. The third-order valence-corrected chi connectivity index (χ3v) is 3.55. The van der Waals surface area contributed by atoms with Gasteiger partial charge in [-0.25, -0.2) is 4.39 Å². The van der Waals surface area contributed by atoms with Gasteiger partial charge in [-0.1, -0.05) is 31.0 Å². The Balaban J connectivity index is 1.89. The predicted molar refractivity (Wildman–Crippen MR) is 77.3 cm³/mol. The Kier molecular flexibility index (Phi) is 5.33. The summed E-state index contributed by atoms with van der Waals surface area (Å²) in [6.07, 6.45) is 5.50. The average Bonchev–Trinajstić information content (AvgIpc) is 2.98. The van der Waals surface area contributed by atoms with Crippen LogP contribution >= 0.6 is 0 Å². The quantitative estimate of drug-likeness (QED) is 0.645. The minimum atomic E-state index is -0.370. The van der Waals surface area contributed by atoms with Crippen molar-refractivity contribution in [3.05, 3.63) is 47.4 Å². The minimum absolute atomic E-state index is 0.0123. The molecular weight excluding hydrogens is 269 g/mol. The highest BCUT2D eigenvalue weighted by Crippen LogP contribution is 2.17. The topological polar surface area (TPSA) is 64.9 Å². The molecule has 1 fully saturated rings. The summed E-state index contributed by atoms with van der Waals surface area (Å²) in [4.78, 5) is 11.9. The number of halogens is 1. The van der Waals surface area contributed by atoms with Gasteiger partial charge < -0.3 is 10.6 Å². The molecule has 0 aromatic heterocycles. The maximum Gasteiger partial charge on any atom is 0.263 e. The molecular formula is C16H18FN3O. The lowest BCUT2D eigenvalue weighted by molar-refractivity contribution is -0.117. The molecule has 110 valence electrons. The van der Waals surface area contributed by atoms with Crippen LogP contribution in [-0.2, 0) is 11.3 Å². The van der Waals surface area contributed by atoms with Crippen LogP contribution in [0.3, 0.4) is 0 Å². The van der Waals surface area contributed by atoms with Crippen molar-refractivity contribution >= 4 is 5.91 Å². The number of hydrogen-bond acceptors (Lipinski definition) is 3. The molecule has 1 saturated carbocycles. The van der Waals surface area contributed by atoms with Crippen LogP contribution in [0.15, 0.2) is 36.0 Å². The van der Waals surface area contributed by atoms with Crippen LogP contribution in [0.25, 0.3) is 0 Å². The third-order valence-electron chi connectivity index (χ3n) is 3.55. The van der Waals surface area contributed by atoms with E-state index in [1.165, 1.54) is 12.3 Å². The van der Waals surface area contributed by atoms with Crippen LogP contribution in [0.1, 0.15) is 31.2 Å². The Hall–Kier alpha value is -2.35. The fraction of sp³-hybridized carbons (Fsp3) is 0.375. The van der Waals surface area contributed by atoms with Crippen molar-refractivity contribution in [3.8, 4) is 6.07 Å². The minimum Gasteiger partial charge on any atom is -0.385 e. The Morgan fingerprint density at radius 3 is 2.76 bits per heavy atom.